The maximum absolute atomic E-state index is 12.7. The van der Waals surface area contributed by atoms with Crippen LogP contribution >= 0.6 is 23.2 Å². The monoisotopic (exact) mass is 411 g/mol. The molecular weight excluding hydrogens is 393 g/mol. The van der Waals surface area contributed by atoms with E-state index >= 15 is 0 Å². The number of rotatable bonds is 6. The largest absolute Gasteiger partial charge is 0.462 e. The number of nitrogens with one attached hydrogen (secondary N) is 1. The van der Waals surface area contributed by atoms with E-state index in [0.717, 1.165) is 0 Å². The highest BCUT2D eigenvalue weighted by Gasteiger charge is 2.28. The van der Waals surface area contributed by atoms with Gasteiger partial charge in [0.15, 0.2) is 6.10 Å². The Morgan fingerprint density at radius 1 is 1.15 bits per heavy atom. The van der Waals surface area contributed by atoms with Crippen LogP contribution in [-0.4, -0.2) is 35.4 Å². The molecule has 0 unspecified atom stereocenters. The van der Waals surface area contributed by atoms with E-state index in [9.17, 15) is 14.4 Å². The number of aryl methyl sites for hydroxylation is 1. The van der Waals surface area contributed by atoms with Gasteiger partial charge >= 0.3 is 11.9 Å². The quantitative estimate of drug-likeness (QED) is 0.556. The molecule has 144 valence electrons. The number of benzene rings is 1. The van der Waals surface area contributed by atoms with Gasteiger partial charge in [0, 0.05) is 5.69 Å². The lowest BCUT2D eigenvalue weighted by Gasteiger charge is -2.13. The highest BCUT2D eigenvalue weighted by molar-refractivity contribution is 6.43. The van der Waals surface area contributed by atoms with Crippen LogP contribution in [0.4, 0.5) is 0 Å². The van der Waals surface area contributed by atoms with Crippen molar-refractivity contribution < 1.29 is 23.9 Å². The second kappa shape index (κ2) is 8.59. The van der Waals surface area contributed by atoms with Crippen LogP contribution in [-0.2, 0) is 9.47 Å². The second-order valence-corrected chi connectivity index (χ2v) is 6.64. The van der Waals surface area contributed by atoms with Gasteiger partial charge in [-0.15, -0.1) is 0 Å². The summed E-state index contributed by atoms with van der Waals surface area (Å²) in [4.78, 5) is 40.0. The third-order valence-corrected chi connectivity index (χ3v) is 4.81. The normalized spacial score (nSPS) is 11.8. The number of Topliss-reactive ketones (excluding diaryl/α,β-unsaturated/α-hetero) is 1. The molecule has 27 heavy (non-hydrogen) atoms. The van der Waals surface area contributed by atoms with Crippen molar-refractivity contribution in [1.82, 2.24) is 4.98 Å². The minimum absolute atomic E-state index is 0.0558. The summed E-state index contributed by atoms with van der Waals surface area (Å²) in [6.07, 6.45) is -1.10. The fourth-order valence-electron chi connectivity index (χ4n) is 2.65. The number of carbonyl (C=O) groups is 3. The third kappa shape index (κ3) is 4.34. The van der Waals surface area contributed by atoms with Gasteiger partial charge in [-0.25, -0.2) is 9.59 Å². The van der Waals surface area contributed by atoms with E-state index in [-0.39, 0.29) is 27.9 Å². The van der Waals surface area contributed by atoms with Gasteiger partial charge in [-0.05, 0) is 45.4 Å². The summed E-state index contributed by atoms with van der Waals surface area (Å²) >= 11 is 11.9. The van der Waals surface area contributed by atoms with Gasteiger partial charge in [-0.3, -0.25) is 4.79 Å². The fraction of sp³-hybridized carbons (Fsp3) is 0.316. The van der Waals surface area contributed by atoms with E-state index < -0.39 is 23.8 Å². The molecule has 0 aliphatic carbocycles. The first-order chi connectivity index (χ1) is 12.7. The molecule has 1 atom stereocenters. The second-order valence-electron chi connectivity index (χ2n) is 5.86. The molecule has 2 rings (SSSR count). The zero-order valence-corrected chi connectivity index (χ0v) is 16.8. The van der Waals surface area contributed by atoms with E-state index in [1.807, 2.05) is 0 Å². The Labute approximate surface area is 166 Å². The van der Waals surface area contributed by atoms with E-state index in [0.29, 0.717) is 16.8 Å². The third-order valence-electron chi connectivity index (χ3n) is 3.99. The number of halogens is 2. The summed E-state index contributed by atoms with van der Waals surface area (Å²) in [5.74, 6) is -1.76. The Morgan fingerprint density at radius 3 is 2.44 bits per heavy atom. The molecule has 0 saturated carbocycles. The molecule has 1 heterocycles. The fourth-order valence-corrected chi connectivity index (χ4v) is 3.03. The van der Waals surface area contributed by atoms with Crippen LogP contribution in [0.5, 0.6) is 0 Å². The van der Waals surface area contributed by atoms with Crippen molar-refractivity contribution in [2.75, 3.05) is 6.61 Å². The molecule has 8 heteroatoms. The van der Waals surface area contributed by atoms with Crippen LogP contribution in [0, 0.1) is 13.8 Å². The molecular formula is C19H19Cl2NO5. The maximum Gasteiger partial charge on any atom is 0.340 e. The number of carbonyl (C=O) groups excluding carboxylic acids is 3. The molecule has 1 N–H and O–H groups in total. The Balaban J connectivity index is 2.23. The van der Waals surface area contributed by atoms with Gasteiger partial charge in [0.1, 0.15) is 0 Å². The van der Waals surface area contributed by atoms with Crippen molar-refractivity contribution >= 4 is 40.9 Å². The first-order valence-corrected chi connectivity index (χ1v) is 9.00. The molecule has 0 aliphatic rings. The topological polar surface area (TPSA) is 85.5 Å². The van der Waals surface area contributed by atoms with E-state index in [1.165, 1.54) is 19.1 Å². The van der Waals surface area contributed by atoms with Gasteiger partial charge in [0.25, 0.3) is 0 Å². The van der Waals surface area contributed by atoms with Crippen molar-refractivity contribution in [2.24, 2.45) is 0 Å². The molecule has 6 nitrogen and oxygen atoms in total. The summed E-state index contributed by atoms with van der Waals surface area (Å²) in [6, 6.07) is 4.55. The Bertz CT molecular complexity index is 904. The van der Waals surface area contributed by atoms with Crippen molar-refractivity contribution in [1.29, 1.82) is 0 Å². The number of aromatic amines is 1. The van der Waals surface area contributed by atoms with E-state index in [2.05, 4.69) is 4.98 Å². The maximum atomic E-state index is 12.7. The number of hydrogen-bond donors (Lipinski definition) is 1. The summed E-state index contributed by atoms with van der Waals surface area (Å²) < 4.78 is 10.2. The zero-order valence-electron chi connectivity index (χ0n) is 15.3. The molecule has 0 amide bonds. The van der Waals surface area contributed by atoms with Crippen LogP contribution in [0.25, 0.3) is 0 Å². The Hall–Kier alpha value is -2.31. The van der Waals surface area contributed by atoms with Crippen molar-refractivity contribution in [2.45, 2.75) is 33.8 Å². The predicted octanol–water partition coefficient (Wildman–Crippen LogP) is 4.54. The van der Waals surface area contributed by atoms with Gasteiger partial charge < -0.3 is 14.5 Å². The Kier molecular flexibility index (Phi) is 6.68. The summed E-state index contributed by atoms with van der Waals surface area (Å²) in [5, 5.41) is 0.264. The van der Waals surface area contributed by atoms with Gasteiger partial charge in [0.05, 0.1) is 33.5 Å². The number of esters is 2. The highest BCUT2D eigenvalue weighted by Crippen LogP contribution is 2.27. The molecule has 0 saturated heterocycles. The zero-order chi connectivity index (χ0) is 20.3. The highest BCUT2D eigenvalue weighted by atomic mass is 35.5. The van der Waals surface area contributed by atoms with Crippen molar-refractivity contribution in [3.8, 4) is 0 Å². The molecule has 2 aromatic rings. The lowest BCUT2D eigenvalue weighted by atomic mass is 10.1. The minimum Gasteiger partial charge on any atom is -0.462 e. The number of ether oxygens (including phenoxy) is 2. The van der Waals surface area contributed by atoms with Gasteiger partial charge in [-0.2, -0.15) is 0 Å². The predicted molar refractivity (Wildman–Crippen MR) is 102 cm³/mol. The smallest absolute Gasteiger partial charge is 0.340 e. The summed E-state index contributed by atoms with van der Waals surface area (Å²) in [5.41, 5.74) is 1.51. The van der Waals surface area contributed by atoms with Crippen LogP contribution in [0.15, 0.2) is 18.2 Å². The van der Waals surface area contributed by atoms with E-state index in [1.54, 1.807) is 26.8 Å². The van der Waals surface area contributed by atoms with E-state index in [4.69, 9.17) is 32.7 Å². The summed E-state index contributed by atoms with van der Waals surface area (Å²) in [7, 11) is 0. The standard InChI is InChI=1S/C19H19Cl2NO5/c1-5-26-19(25)14-9(2)16(22-10(14)3)17(23)11(4)27-18(24)12-7-6-8-13(20)15(12)21/h6-8,11,22H,5H2,1-4H3/t11-/m0/s1. The molecule has 0 fully saturated rings. The van der Waals surface area contributed by atoms with Crippen molar-refractivity contribution in [3.05, 3.63) is 56.3 Å². The van der Waals surface area contributed by atoms with Gasteiger partial charge in [-0.1, -0.05) is 29.3 Å². The Morgan fingerprint density at radius 2 is 1.81 bits per heavy atom. The number of aromatic nitrogens is 1. The first kappa shape index (κ1) is 21.0. The minimum atomic E-state index is -1.10. The van der Waals surface area contributed by atoms with Crippen molar-refractivity contribution in [3.63, 3.8) is 0 Å². The average Bonchev–Trinajstić information content (AvgIpc) is 2.91. The lowest BCUT2D eigenvalue weighted by molar-refractivity contribution is 0.0317. The molecule has 1 aromatic heterocycles. The lowest BCUT2D eigenvalue weighted by Crippen LogP contribution is -2.25. The molecule has 1 aromatic carbocycles. The molecule has 0 spiro atoms. The summed E-state index contributed by atoms with van der Waals surface area (Å²) in [6.45, 7) is 6.66. The molecule has 0 radical (unpaired) electrons. The number of H-pyrrole nitrogens is 1. The number of hydrogen-bond acceptors (Lipinski definition) is 5. The van der Waals surface area contributed by atoms with Crippen LogP contribution < -0.4 is 0 Å². The van der Waals surface area contributed by atoms with Gasteiger partial charge in [0.2, 0.25) is 5.78 Å². The SMILES string of the molecule is CCOC(=O)c1c(C)[nH]c(C(=O)[C@H](C)OC(=O)c2cccc(Cl)c2Cl)c1C. The van der Waals surface area contributed by atoms with Crippen LogP contribution in [0.3, 0.4) is 0 Å². The van der Waals surface area contributed by atoms with Crippen LogP contribution in [0.1, 0.15) is 56.3 Å². The molecule has 0 bridgehead atoms. The first-order valence-electron chi connectivity index (χ1n) is 8.24. The van der Waals surface area contributed by atoms with Crippen LogP contribution in [0.2, 0.25) is 10.0 Å². The molecule has 0 aliphatic heterocycles. The number of ketones is 1. The average molecular weight is 412 g/mol.